The van der Waals surface area contributed by atoms with Crippen LogP contribution < -0.4 is 0 Å². The van der Waals surface area contributed by atoms with Crippen LogP contribution in [0.4, 0.5) is 0 Å². The van der Waals surface area contributed by atoms with E-state index in [1.54, 1.807) is 6.92 Å². The second-order valence-electron chi connectivity index (χ2n) is 2.66. The molecule has 0 aromatic heterocycles. The second kappa shape index (κ2) is 3.97. The van der Waals surface area contributed by atoms with Crippen LogP contribution in [0, 0.1) is 0 Å². The molecule has 0 radical (unpaired) electrons. The average molecular weight is 175 g/mol. The van der Waals surface area contributed by atoms with Crippen molar-refractivity contribution in [2.45, 2.75) is 13.0 Å². The third-order valence-corrected chi connectivity index (χ3v) is 2.89. The summed E-state index contributed by atoms with van der Waals surface area (Å²) in [6.07, 6.45) is 0. The summed E-state index contributed by atoms with van der Waals surface area (Å²) in [5.41, 5.74) is 0. The molecule has 1 rings (SSSR count). The van der Waals surface area contributed by atoms with Gasteiger partial charge in [-0.05, 0) is 6.92 Å². The summed E-state index contributed by atoms with van der Waals surface area (Å²) in [6, 6.07) is -0.309. The Hall–Kier alpha value is -0.220. The van der Waals surface area contributed by atoms with Crippen LogP contribution in [0.5, 0.6) is 0 Å². The van der Waals surface area contributed by atoms with Crippen LogP contribution in [0.2, 0.25) is 0 Å². The molecule has 0 spiro atoms. The summed E-state index contributed by atoms with van der Waals surface area (Å²) in [5.74, 6) is 1.42. The van der Waals surface area contributed by atoms with Gasteiger partial charge in [0.25, 0.3) is 0 Å². The summed E-state index contributed by atoms with van der Waals surface area (Å²) in [7, 11) is 0. The maximum atomic E-state index is 10.6. The lowest BCUT2D eigenvalue weighted by atomic mass is 10.3. The molecule has 0 aromatic rings. The van der Waals surface area contributed by atoms with Gasteiger partial charge in [0.15, 0.2) is 0 Å². The van der Waals surface area contributed by atoms with Crippen LogP contribution >= 0.6 is 11.8 Å². The third kappa shape index (κ3) is 2.38. The first-order valence-electron chi connectivity index (χ1n) is 3.76. The Morgan fingerprint density at radius 1 is 1.55 bits per heavy atom. The molecule has 1 aliphatic heterocycles. The van der Waals surface area contributed by atoms with E-state index in [0.717, 1.165) is 24.6 Å². The fraction of sp³-hybridized carbons (Fsp3) is 0.857. The van der Waals surface area contributed by atoms with Crippen LogP contribution in [-0.4, -0.2) is 46.6 Å². The number of carboxylic acid groups (broad SMARTS) is 1. The second-order valence-corrected chi connectivity index (χ2v) is 3.89. The normalized spacial score (nSPS) is 23.0. The highest BCUT2D eigenvalue weighted by molar-refractivity contribution is 7.99. The van der Waals surface area contributed by atoms with Crippen molar-refractivity contribution in [1.29, 1.82) is 0 Å². The molecule has 64 valence electrons. The van der Waals surface area contributed by atoms with Gasteiger partial charge in [-0.1, -0.05) is 0 Å². The van der Waals surface area contributed by atoms with Gasteiger partial charge in [-0.3, -0.25) is 9.69 Å². The van der Waals surface area contributed by atoms with Crippen LogP contribution in [0.1, 0.15) is 6.92 Å². The standard InChI is InChI=1S/C7H13NO2S/c1-6(7(9)10)8-2-4-11-5-3-8/h6H,2-5H2,1H3,(H,9,10). The van der Waals surface area contributed by atoms with Crippen molar-refractivity contribution >= 4 is 17.7 Å². The minimum absolute atomic E-state index is 0.309. The highest BCUT2D eigenvalue weighted by atomic mass is 32.2. The van der Waals surface area contributed by atoms with Crippen molar-refractivity contribution in [1.82, 2.24) is 4.90 Å². The smallest absolute Gasteiger partial charge is 0.320 e. The number of carboxylic acids is 1. The van der Waals surface area contributed by atoms with E-state index in [-0.39, 0.29) is 6.04 Å². The van der Waals surface area contributed by atoms with Crippen LogP contribution in [-0.2, 0) is 4.79 Å². The van der Waals surface area contributed by atoms with Gasteiger partial charge < -0.3 is 5.11 Å². The highest BCUT2D eigenvalue weighted by Gasteiger charge is 2.21. The van der Waals surface area contributed by atoms with Gasteiger partial charge in [-0.15, -0.1) is 0 Å². The zero-order valence-electron chi connectivity index (χ0n) is 6.62. The zero-order chi connectivity index (χ0) is 8.27. The number of hydrogen-bond acceptors (Lipinski definition) is 3. The average Bonchev–Trinajstić information content (AvgIpc) is 2.05. The molecule has 11 heavy (non-hydrogen) atoms. The fourth-order valence-electron chi connectivity index (χ4n) is 1.12. The Bertz CT molecular complexity index is 145. The molecule has 1 aliphatic rings. The maximum Gasteiger partial charge on any atom is 0.320 e. The summed E-state index contributed by atoms with van der Waals surface area (Å²) < 4.78 is 0. The summed E-state index contributed by atoms with van der Waals surface area (Å²) >= 11 is 1.89. The van der Waals surface area contributed by atoms with Gasteiger partial charge in [0, 0.05) is 24.6 Å². The molecule has 1 heterocycles. The molecule has 3 nitrogen and oxygen atoms in total. The van der Waals surface area contributed by atoms with Crippen molar-refractivity contribution in [2.24, 2.45) is 0 Å². The Morgan fingerprint density at radius 3 is 2.55 bits per heavy atom. The molecular formula is C7H13NO2S. The van der Waals surface area contributed by atoms with Crippen LogP contribution in [0.3, 0.4) is 0 Å². The van der Waals surface area contributed by atoms with Crippen molar-refractivity contribution in [3.8, 4) is 0 Å². The van der Waals surface area contributed by atoms with Gasteiger partial charge in [-0.25, -0.2) is 0 Å². The fourth-order valence-corrected chi connectivity index (χ4v) is 2.05. The Labute approximate surface area is 70.8 Å². The topological polar surface area (TPSA) is 40.5 Å². The van der Waals surface area contributed by atoms with E-state index >= 15 is 0 Å². The highest BCUT2D eigenvalue weighted by Crippen LogP contribution is 2.11. The van der Waals surface area contributed by atoms with E-state index in [9.17, 15) is 4.79 Å². The summed E-state index contributed by atoms with van der Waals surface area (Å²) in [6.45, 7) is 3.58. The molecule has 1 atom stereocenters. The molecule has 0 aromatic carbocycles. The lowest BCUT2D eigenvalue weighted by Crippen LogP contribution is -2.43. The van der Waals surface area contributed by atoms with Gasteiger partial charge in [-0.2, -0.15) is 11.8 Å². The number of nitrogens with zero attached hydrogens (tertiary/aromatic N) is 1. The lowest BCUT2D eigenvalue weighted by molar-refractivity contribution is -0.142. The minimum atomic E-state index is -0.711. The van der Waals surface area contributed by atoms with Gasteiger partial charge in [0.1, 0.15) is 6.04 Å². The Kier molecular flexibility index (Phi) is 3.20. The van der Waals surface area contributed by atoms with Crippen molar-refractivity contribution < 1.29 is 9.90 Å². The van der Waals surface area contributed by atoms with Crippen molar-refractivity contribution in [3.63, 3.8) is 0 Å². The molecule has 0 saturated carbocycles. The molecule has 1 fully saturated rings. The molecule has 4 heteroatoms. The lowest BCUT2D eigenvalue weighted by Gasteiger charge is -2.29. The van der Waals surface area contributed by atoms with Gasteiger partial charge in [0.2, 0.25) is 0 Å². The zero-order valence-corrected chi connectivity index (χ0v) is 7.43. The first-order chi connectivity index (χ1) is 5.22. The molecule has 0 aliphatic carbocycles. The Morgan fingerprint density at radius 2 is 2.09 bits per heavy atom. The van der Waals surface area contributed by atoms with Gasteiger partial charge >= 0.3 is 5.97 Å². The molecule has 1 unspecified atom stereocenters. The van der Waals surface area contributed by atoms with Gasteiger partial charge in [0.05, 0.1) is 0 Å². The minimum Gasteiger partial charge on any atom is -0.480 e. The molecule has 0 bridgehead atoms. The van der Waals surface area contributed by atoms with Crippen LogP contribution in [0.15, 0.2) is 0 Å². The molecular weight excluding hydrogens is 162 g/mol. The first kappa shape index (κ1) is 8.87. The van der Waals surface area contributed by atoms with E-state index in [0.29, 0.717) is 0 Å². The predicted molar refractivity (Wildman–Crippen MR) is 46.0 cm³/mol. The van der Waals surface area contributed by atoms with E-state index in [1.807, 2.05) is 16.7 Å². The van der Waals surface area contributed by atoms with Crippen LogP contribution in [0.25, 0.3) is 0 Å². The first-order valence-corrected chi connectivity index (χ1v) is 4.92. The largest absolute Gasteiger partial charge is 0.480 e. The quantitative estimate of drug-likeness (QED) is 0.664. The summed E-state index contributed by atoms with van der Waals surface area (Å²) in [5, 5.41) is 8.69. The molecule has 1 N–H and O–H groups in total. The predicted octanol–water partition coefficient (Wildman–Crippen LogP) is 0.508. The summed E-state index contributed by atoms with van der Waals surface area (Å²) in [4.78, 5) is 12.6. The Balaban J connectivity index is 2.38. The third-order valence-electron chi connectivity index (χ3n) is 1.95. The van der Waals surface area contributed by atoms with Crippen molar-refractivity contribution in [3.05, 3.63) is 0 Å². The number of carbonyl (C=O) groups is 1. The number of hydrogen-bond donors (Lipinski definition) is 1. The number of thioether (sulfide) groups is 1. The van der Waals surface area contributed by atoms with E-state index < -0.39 is 5.97 Å². The SMILES string of the molecule is CC(C(=O)O)N1CCSCC1. The van der Waals surface area contributed by atoms with E-state index in [4.69, 9.17) is 5.11 Å². The number of aliphatic carboxylic acids is 1. The van der Waals surface area contributed by atoms with E-state index in [1.165, 1.54) is 0 Å². The number of rotatable bonds is 2. The van der Waals surface area contributed by atoms with E-state index in [2.05, 4.69) is 0 Å². The maximum absolute atomic E-state index is 10.6. The monoisotopic (exact) mass is 175 g/mol. The van der Waals surface area contributed by atoms with Crippen molar-refractivity contribution in [2.75, 3.05) is 24.6 Å². The molecule has 1 saturated heterocycles. The molecule has 0 amide bonds.